The lowest BCUT2D eigenvalue weighted by molar-refractivity contribution is -0.0342. The maximum Gasteiger partial charge on any atom is 0.211 e. The summed E-state index contributed by atoms with van der Waals surface area (Å²) in [6.07, 6.45) is 1.39. The van der Waals surface area contributed by atoms with Crippen LogP contribution < -0.4 is 4.72 Å². The van der Waals surface area contributed by atoms with Crippen molar-refractivity contribution >= 4 is 21.6 Å². The highest BCUT2D eigenvalue weighted by atomic mass is 35.5. The minimum Gasteiger partial charge on any atom is -0.376 e. The summed E-state index contributed by atoms with van der Waals surface area (Å²) in [5.41, 5.74) is 0.330. The van der Waals surface area contributed by atoms with Gasteiger partial charge in [0.1, 0.15) is 5.82 Å². The van der Waals surface area contributed by atoms with Crippen LogP contribution in [0, 0.1) is 5.82 Å². The second-order valence-corrected chi connectivity index (χ2v) is 8.68. The van der Waals surface area contributed by atoms with Crippen molar-refractivity contribution in [3.63, 3.8) is 0 Å². The number of halogens is 2. The standard InChI is InChI=1S/C17H26ClFN2O3S/c1-3-4-10-25(22,23)20-11-16(21-8-9-24-13(2)12-21)17-14(18)6-5-7-15(17)19/h5-7,13,16,20H,3-4,8-12H2,1-2H3. The molecule has 0 aliphatic carbocycles. The van der Waals surface area contributed by atoms with E-state index in [-0.39, 0.29) is 18.4 Å². The molecule has 0 radical (unpaired) electrons. The normalized spacial score (nSPS) is 20.6. The van der Waals surface area contributed by atoms with Crippen LogP contribution in [0.1, 0.15) is 38.3 Å². The number of morpholine rings is 1. The van der Waals surface area contributed by atoms with Crippen LogP contribution in [-0.2, 0) is 14.8 Å². The molecule has 1 aliphatic heterocycles. The summed E-state index contributed by atoms with van der Waals surface area (Å²) < 4.78 is 46.9. The molecule has 0 bridgehead atoms. The van der Waals surface area contributed by atoms with Crippen molar-refractivity contribution in [1.82, 2.24) is 9.62 Å². The Morgan fingerprint density at radius 2 is 2.24 bits per heavy atom. The van der Waals surface area contributed by atoms with Gasteiger partial charge in [-0.2, -0.15) is 0 Å². The van der Waals surface area contributed by atoms with Crippen molar-refractivity contribution in [2.75, 3.05) is 32.0 Å². The van der Waals surface area contributed by atoms with E-state index in [2.05, 4.69) is 4.72 Å². The van der Waals surface area contributed by atoms with Crippen LogP contribution in [-0.4, -0.2) is 51.4 Å². The molecule has 2 atom stereocenters. The zero-order valence-corrected chi connectivity index (χ0v) is 16.2. The molecule has 1 aromatic carbocycles. The van der Waals surface area contributed by atoms with E-state index in [1.807, 2.05) is 18.7 Å². The topological polar surface area (TPSA) is 58.6 Å². The highest BCUT2D eigenvalue weighted by Gasteiger charge is 2.30. The molecule has 0 aromatic heterocycles. The maximum atomic E-state index is 14.5. The predicted molar refractivity (Wildman–Crippen MR) is 97.8 cm³/mol. The Morgan fingerprint density at radius 3 is 2.88 bits per heavy atom. The molecule has 2 unspecified atom stereocenters. The van der Waals surface area contributed by atoms with E-state index in [9.17, 15) is 12.8 Å². The molecular weight excluding hydrogens is 367 g/mol. The highest BCUT2D eigenvalue weighted by molar-refractivity contribution is 7.89. The fourth-order valence-electron chi connectivity index (χ4n) is 2.98. The van der Waals surface area contributed by atoms with E-state index in [1.165, 1.54) is 6.07 Å². The van der Waals surface area contributed by atoms with Crippen molar-refractivity contribution in [2.24, 2.45) is 0 Å². The Labute approximate surface area is 154 Å². The van der Waals surface area contributed by atoms with E-state index in [0.29, 0.717) is 36.7 Å². The molecule has 25 heavy (non-hydrogen) atoms. The summed E-state index contributed by atoms with van der Waals surface area (Å²) in [7, 11) is -3.40. The van der Waals surface area contributed by atoms with Crippen LogP contribution in [0.3, 0.4) is 0 Å². The predicted octanol–water partition coefficient (Wildman–Crippen LogP) is 2.96. The van der Waals surface area contributed by atoms with Crippen LogP contribution in [0.25, 0.3) is 0 Å². The number of ether oxygens (including phenoxy) is 1. The lowest BCUT2D eigenvalue weighted by atomic mass is 10.0. The number of nitrogens with zero attached hydrogens (tertiary/aromatic N) is 1. The second-order valence-electron chi connectivity index (χ2n) is 6.35. The van der Waals surface area contributed by atoms with E-state index in [1.54, 1.807) is 12.1 Å². The average Bonchev–Trinajstić information content (AvgIpc) is 2.55. The van der Waals surface area contributed by atoms with Gasteiger partial charge in [0, 0.05) is 30.2 Å². The number of sulfonamides is 1. The Bertz CT molecular complexity index is 652. The molecule has 1 N–H and O–H groups in total. The Kier molecular flexibility index (Phi) is 7.64. The first kappa shape index (κ1) is 20.6. The third-order valence-electron chi connectivity index (χ3n) is 4.31. The summed E-state index contributed by atoms with van der Waals surface area (Å²) in [5.74, 6) is -0.356. The van der Waals surface area contributed by atoms with Crippen molar-refractivity contribution in [3.8, 4) is 0 Å². The van der Waals surface area contributed by atoms with E-state index in [0.717, 1.165) is 6.42 Å². The second kappa shape index (κ2) is 9.28. The van der Waals surface area contributed by atoms with Gasteiger partial charge >= 0.3 is 0 Å². The Morgan fingerprint density at radius 1 is 1.48 bits per heavy atom. The molecule has 1 fully saturated rings. The van der Waals surface area contributed by atoms with Crippen LogP contribution in [0.2, 0.25) is 5.02 Å². The van der Waals surface area contributed by atoms with Gasteiger partial charge in [-0.05, 0) is 25.5 Å². The quantitative estimate of drug-likeness (QED) is 0.738. The molecule has 8 heteroatoms. The molecule has 5 nitrogen and oxygen atoms in total. The number of hydrogen-bond acceptors (Lipinski definition) is 4. The van der Waals surface area contributed by atoms with Gasteiger partial charge in [0.25, 0.3) is 0 Å². The molecule has 1 heterocycles. The van der Waals surface area contributed by atoms with Gasteiger partial charge < -0.3 is 4.74 Å². The third-order valence-corrected chi connectivity index (χ3v) is 6.07. The molecule has 142 valence electrons. The van der Waals surface area contributed by atoms with Gasteiger partial charge in [0.05, 0.1) is 24.5 Å². The molecule has 1 aromatic rings. The summed E-state index contributed by atoms with van der Waals surface area (Å²) in [6.45, 7) is 5.66. The number of unbranched alkanes of at least 4 members (excludes halogenated alkanes) is 1. The third kappa shape index (κ3) is 5.89. The van der Waals surface area contributed by atoms with Gasteiger partial charge in [0.15, 0.2) is 0 Å². The van der Waals surface area contributed by atoms with E-state index in [4.69, 9.17) is 16.3 Å². The molecule has 1 aliphatic rings. The smallest absolute Gasteiger partial charge is 0.211 e. The van der Waals surface area contributed by atoms with Gasteiger partial charge in [-0.25, -0.2) is 17.5 Å². The first-order valence-electron chi connectivity index (χ1n) is 8.61. The van der Waals surface area contributed by atoms with Crippen LogP contribution in [0.4, 0.5) is 4.39 Å². The van der Waals surface area contributed by atoms with Crippen LogP contribution in [0.5, 0.6) is 0 Å². The zero-order valence-electron chi connectivity index (χ0n) is 14.7. The lowest BCUT2D eigenvalue weighted by Crippen LogP contribution is -2.47. The van der Waals surface area contributed by atoms with Crippen molar-refractivity contribution in [2.45, 2.75) is 38.8 Å². The van der Waals surface area contributed by atoms with Crippen molar-refractivity contribution in [3.05, 3.63) is 34.6 Å². The maximum absolute atomic E-state index is 14.5. The Hall–Kier alpha value is -0.730. The molecular formula is C17H26ClFN2O3S. The first-order chi connectivity index (χ1) is 11.8. The summed E-state index contributed by atoms with van der Waals surface area (Å²) in [6, 6.07) is 4.05. The van der Waals surface area contributed by atoms with Crippen molar-refractivity contribution in [1.29, 1.82) is 0 Å². The van der Waals surface area contributed by atoms with Gasteiger partial charge in [-0.15, -0.1) is 0 Å². The number of rotatable bonds is 8. The monoisotopic (exact) mass is 392 g/mol. The lowest BCUT2D eigenvalue weighted by Gasteiger charge is -2.38. The summed E-state index contributed by atoms with van der Waals surface area (Å²) >= 11 is 6.24. The average molecular weight is 393 g/mol. The fourth-order valence-corrected chi connectivity index (χ4v) is 4.50. The minimum absolute atomic E-state index is 0.00139. The fraction of sp³-hybridized carbons (Fsp3) is 0.647. The van der Waals surface area contributed by atoms with E-state index >= 15 is 0 Å². The highest BCUT2D eigenvalue weighted by Crippen LogP contribution is 2.31. The molecule has 0 spiro atoms. The number of nitrogens with one attached hydrogen (secondary N) is 1. The van der Waals surface area contributed by atoms with E-state index < -0.39 is 21.9 Å². The first-order valence-corrected chi connectivity index (χ1v) is 10.6. The molecule has 1 saturated heterocycles. The molecule has 2 rings (SSSR count). The summed E-state index contributed by atoms with van der Waals surface area (Å²) in [4.78, 5) is 2.03. The van der Waals surface area contributed by atoms with Gasteiger partial charge in [-0.1, -0.05) is 31.0 Å². The van der Waals surface area contributed by atoms with Gasteiger partial charge in [-0.3, -0.25) is 4.90 Å². The van der Waals surface area contributed by atoms with Gasteiger partial charge in [0.2, 0.25) is 10.0 Å². The number of benzene rings is 1. The van der Waals surface area contributed by atoms with Crippen LogP contribution in [0.15, 0.2) is 18.2 Å². The molecule has 0 saturated carbocycles. The van der Waals surface area contributed by atoms with Crippen molar-refractivity contribution < 1.29 is 17.5 Å². The van der Waals surface area contributed by atoms with Crippen LogP contribution >= 0.6 is 11.6 Å². The Balaban J connectivity index is 2.23. The minimum atomic E-state index is -3.40. The SMILES string of the molecule is CCCCS(=O)(=O)NCC(c1c(F)cccc1Cl)N1CCOC(C)C1. The molecule has 0 amide bonds. The number of hydrogen-bond donors (Lipinski definition) is 1. The largest absolute Gasteiger partial charge is 0.376 e. The summed E-state index contributed by atoms with van der Waals surface area (Å²) in [5, 5.41) is 0.303. The zero-order chi connectivity index (χ0) is 18.4.